The minimum atomic E-state index is -0.339. The first-order chi connectivity index (χ1) is 11.7. The molecule has 126 valence electrons. The molecule has 0 bridgehead atoms. The molecule has 2 aromatic heterocycles. The fraction of sp³-hybridized carbons (Fsp3) is 0.353. The van der Waals surface area contributed by atoms with Crippen molar-refractivity contribution in [3.8, 4) is 5.75 Å². The van der Waals surface area contributed by atoms with Crippen LogP contribution in [0.15, 0.2) is 24.7 Å². The summed E-state index contributed by atoms with van der Waals surface area (Å²) < 4.78 is 5.64. The fourth-order valence-electron chi connectivity index (χ4n) is 2.77. The van der Waals surface area contributed by atoms with Crippen molar-refractivity contribution in [2.24, 2.45) is 0 Å². The standard InChI is InChI=1S/C17H20N4O3/c1-18-7-8-24-15-5-6-19-10-13(15)21-17(23)11-9-20-12-3-2-4-14(22)16(11)12/h5-6,9-10,18,20H,2-4,7-8H2,1H3,(H,21,23). The van der Waals surface area contributed by atoms with Gasteiger partial charge in [-0.1, -0.05) is 0 Å². The number of pyridine rings is 1. The van der Waals surface area contributed by atoms with Crippen molar-refractivity contribution < 1.29 is 14.3 Å². The van der Waals surface area contributed by atoms with Crippen LogP contribution in [-0.2, 0) is 6.42 Å². The van der Waals surface area contributed by atoms with Gasteiger partial charge in [0.15, 0.2) is 5.78 Å². The van der Waals surface area contributed by atoms with Crippen molar-refractivity contribution in [3.63, 3.8) is 0 Å². The topological polar surface area (TPSA) is 96.1 Å². The lowest BCUT2D eigenvalue weighted by Gasteiger charge is -2.13. The van der Waals surface area contributed by atoms with Crippen LogP contribution < -0.4 is 15.4 Å². The van der Waals surface area contributed by atoms with E-state index in [1.807, 2.05) is 7.05 Å². The number of aryl methyl sites for hydroxylation is 1. The third-order valence-electron chi connectivity index (χ3n) is 3.95. The first-order valence-corrected chi connectivity index (χ1v) is 7.97. The highest BCUT2D eigenvalue weighted by Crippen LogP contribution is 2.27. The number of carbonyl (C=O) groups is 2. The van der Waals surface area contributed by atoms with Gasteiger partial charge in [0.25, 0.3) is 5.91 Å². The Morgan fingerprint density at radius 3 is 3.12 bits per heavy atom. The molecular formula is C17H20N4O3. The van der Waals surface area contributed by atoms with Crippen molar-refractivity contribution in [2.75, 3.05) is 25.5 Å². The lowest BCUT2D eigenvalue weighted by Crippen LogP contribution is -2.19. The largest absolute Gasteiger partial charge is 0.490 e. The second-order valence-electron chi connectivity index (χ2n) is 5.61. The van der Waals surface area contributed by atoms with Crippen LogP contribution in [0.4, 0.5) is 5.69 Å². The summed E-state index contributed by atoms with van der Waals surface area (Å²) in [4.78, 5) is 31.8. The first kappa shape index (κ1) is 16.2. The summed E-state index contributed by atoms with van der Waals surface area (Å²) in [7, 11) is 1.84. The number of anilines is 1. The number of amides is 1. The Hall–Kier alpha value is -2.67. The molecule has 0 aliphatic heterocycles. The van der Waals surface area contributed by atoms with E-state index in [4.69, 9.17) is 4.74 Å². The predicted octanol–water partition coefficient (Wildman–Crippen LogP) is 1.78. The molecule has 7 heteroatoms. The summed E-state index contributed by atoms with van der Waals surface area (Å²) in [5.74, 6) is 0.220. The maximum atomic E-state index is 12.6. The summed E-state index contributed by atoms with van der Waals surface area (Å²) in [5.41, 5.74) is 2.21. The zero-order valence-electron chi connectivity index (χ0n) is 13.5. The lowest BCUT2D eigenvalue weighted by molar-refractivity contribution is 0.0956. The van der Waals surface area contributed by atoms with E-state index < -0.39 is 0 Å². The van der Waals surface area contributed by atoms with Crippen molar-refractivity contribution in [1.29, 1.82) is 0 Å². The molecule has 3 N–H and O–H groups in total. The molecule has 7 nitrogen and oxygen atoms in total. The van der Waals surface area contributed by atoms with Gasteiger partial charge in [0.1, 0.15) is 18.0 Å². The van der Waals surface area contributed by atoms with E-state index in [1.165, 1.54) is 6.20 Å². The number of hydrogen-bond donors (Lipinski definition) is 3. The number of nitrogens with one attached hydrogen (secondary N) is 3. The van der Waals surface area contributed by atoms with Gasteiger partial charge in [-0.05, 0) is 19.9 Å². The normalized spacial score (nSPS) is 13.5. The van der Waals surface area contributed by atoms with Gasteiger partial charge >= 0.3 is 0 Å². The zero-order chi connectivity index (χ0) is 16.9. The number of ether oxygens (including phenoxy) is 1. The number of nitrogens with zero attached hydrogens (tertiary/aromatic N) is 1. The third-order valence-corrected chi connectivity index (χ3v) is 3.95. The van der Waals surface area contributed by atoms with Crippen molar-refractivity contribution in [2.45, 2.75) is 19.3 Å². The number of ketones is 1. The van der Waals surface area contributed by atoms with Crippen LogP contribution in [0.3, 0.4) is 0 Å². The molecule has 0 saturated heterocycles. The number of aromatic nitrogens is 2. The number of rotatable bonds is 6. The number of H-pyrrole nitrogens is 1. The average Bonchev–Trinajstić information content (AvgIpc) is 3.02. The van der Waals surface area contributed by atoms with E-state index in [-0.39, 0.29) is 11.7 Å². The maximum absolute atomic E-state index is 12.6. The van der Waals surface area contributed by atoms with Crippen molar-refractivity contribution in [3.05, 3.63) is 41.5 Å². The monoisotopic (exact) mass is 328 g/mol. The number of Topliss-reactive ketones (excluding diaryl/α,β-unsaturated/α-hetero) is 1. The molecule has 0 fully saturated rings. The lowest BCUT2D eigenvalue weighted by atomic mass is 9.93. The number of likely N-dealkylation sites (N-methyl/N-ethyl adjacent to an activating group) is 1. The Balaban J connectivity index is 1.79. The molecule has 3 rings (SSSR count). The van der Waals surface area contributed by atoms with Crippen LogP contribution in [0.2, 0.25) is 0 Å². The van der Waals surface area contributed by atoms with Gasteiger partial charge < -0.3 is 20.4 Å². The van der Waals surface area contributed by atoms with Gasteiger partial charge in [0, 0.05) is 37.1 Å². The summed E-state index contributed by atoms with van der Waals surface area (Å²) in [6, 6.07) is 1.70. The van der Waals surface area contributed by atoms with E-state index in [1.54, 1.807) is 18.5 Å². The molecule has 1 aliphatic carbocycles. The van der Waals surface area contributed by atoms with Crippen LogP contribution in [0.5, 0.6) is 5.75 Å². The Morgan fingerprint density at radius 2 is 2.29 bits per heavy atom. The predicted molar refractivity (Wildman–Crippen MR) is 89.7 cm³/mol. The molecule has 0 radical (unpaired) electrons. The van der Waals surface area contributed by atoms with Gasteiger partial charge in [0.05, 0.1) is 17.3 Å². The minimum Gasteiger partial charge on any atom is -0.490 e. The first-order valence-electron chi connectivity index (χ1n) is 7.97. The van der Waals surface area contributed by atoms with Gasteiger partial charge in [-0.3, -0.25) is 14.6 Å². The number of aromatic amines is 1. The SMILES string of the molecule is CNCCOc1ccncc1NC(=O)c1c[nH]c2c1C(=O)CCC2. The van der Waals surface area contributed by atoms with Gasteiger partial charge in [-0.25, -0.2) is 0 Å². The van der Waals surface area contributed by atoms with E-state index >= 15 is 0 Å². The highest BCUT2D eigenvalue weighted by atomic mass is 16.5. The smallest absolute Gasteiger partial charge is 0.258 e. The summed E-state index contributed by atoms with van der Waals surface area (Å²) in [6.07, 6.45) is 6.83. The van der Waals surface area contributed by atoms with Crippen LogP contribution in [0.1, 0.15) is 39.3 Å². The number of fused-ring (bicyclic) bond motifs is 1. The minimum absolute atomic E-state index is 0.0133. The maximum Gasteiger partial charge on any atom is 0.258 e. The molecule has 2 heterocycles. The zero-order valence-corrected chi connectivity index (χ0v) is 13.5. The Morgan fingerprint density at radius 1 is 1.42 bits per heavy atom. The average molecular weight is 328 g/mol. The molecule has 0 aromatic carbocycles. The van der Waals surface area contributed by atoms with Crippen LogP contribution in [0, 0.1) is 0 Å². The van der Waals surface area contributed by atoms with E-state index in [0.29, 0.717) is 42.1 Å². The Bertz CT molecular complexity index is 754. The second-order valence-corrected chi connectivity index (χ2v) is 5.61. The van der Waals surface area contributed by atoms with Gasteiger partial charge in [0.2, 0.25) is 0 Å². The van der Waals surface area contributed by atoms with E-state index in [2.05, 4.69) is 20.6 Å². The van der Waals surface area contributed by atoms with E-state index in [0.717, 1.165) is 18.5 Å². The molecule has 0 atom stereocenters. The van der Waals surface area contributed by atoms with Crippen LogP contribution in [-0.4, -0.2) is 41.9 Å². The molecule has 0 saturated carbocycles. The summed E-state index contributed by atoms with van der Waals surface area (Å²) >= 11 is 0. The van der Waals surface area contributed by atoms with Crippen LogP contribution in [0.25, 0.3) is 0 Å². The van der Waals surface area contributed by atoms with Gasteiger partial charge in [-0.2, -0.15) is 0 Å². The molecule has 2 aromatic rings. The number of carbonyl (C=O) groups excluding carboxylic acids is 2. The van der Waals surface area contributed by atoms with Crippen molar-refractivity contribution in [1.82, 2.24) is 15.3 Å². The Kier molecular flexibility index (Phi) is 4.90. The fourth-order valence-corrected chi connectivity index (χ4v) is 2.77. The second kappa shape index (κ2) is 7.27. The molecule has 1 aliphatic rings. The van der Waals surface area contributed by atoms with Gasteiger partial charge in [-0.15, -0.1) is 0 Å². The number of hydrogen-bond acceptors (Lipinski definition) is 5. The quantitative estimate of drug-likeness (QED) is 0.703. The Labute approximate surface area is 139 Å². The highest BCUT2D eigenvalue weighted by Gasteiger charge is 2.26. The molecular weight excluding hydrogens is 308 g/mol. The van der Waals surface area contributed by atoms with Crippen LogP contribution >= 0.6 is 0 Å². The molecule has 0 spiro atoms. The summed E-state index contributed by atoms with van der Waals surface area (Å²) in [5, 5.41) is 5.78. The van der Waals surface area contributed by atoms with Crippen molar-refractivity contribution >= 4 is 17.4 Å². The summed E-state index contributed by atoms with van der Waals surface area (Å²) in [6.45, 7) is 1.16. The molecule has 1 amide bonds. The molecule has 24 heavy (non-hydrogen) atoms. The van der Waals surface area contributed by atoms with E-state index in [9.17, 15) is 9.59 Å². The highest BCUT2D eigenvalue weighted by molar-refractivity contribution is 6.13. The molecule has 0 unspecified atom stereocenters. The third kappa shape index (κ3) is 3.30.